The number of carbonyl (C=O) groups excluding carboxylic acids is 1. The van der Waals surface area contributed by atoms with Gasteiger partial charge in [0.05, 0.1) is 6.54 Å². The molecule has 1 aliphatic carbocycles. The smallest absolute Gasteiger partial charge is 0.225 e. The van der Waals surface area contributed by atoms with Crippen molar-refractivity contribution in [3.05, 3.63) is 59.0 Å². The Labute approximate surface area is 194 Å². The summed E-state index contributed by atoms with van der Waals surface area (Å²) in [6.07, 6.45) is 6.14. The van der Waals surface area contributed by atoms with Gasteiger partial charge < -0.3 is 9.32 Å². The number of rotatable bonds is 7. The van der Waals surface area contributed by atoms with E-state index in [1.165, 1.54) is 30.4 Å². The summed E-state index contributed by atoms with van der Waals surface area (Å²) in [5.74, 6) is 3.28. The summed E-state index contributed by atoms with van der Waals surface area (Å²) in [6, 6.07) is 13.6. The zero-order valence-electron chi connectivity index (χ0n) is 20.3. The molecule has 0 N–H and O–H groups in total. The first-order valence-electron chi connectivity index (χ1n) is 12.6. The van der Waals surface area contributed by atoms with Crippen LogP contribution >= 0.6 is 0 Å². The van der Waals surface area contributed by atoms with Gasteiger partial charge in [-0.15, -0.1) is 0 Å². The molecule has 4 heteroatoms. The summed E-state index contributed by atoms with van der Waals surface area (Å²) in [5, 5.41) is 0. The molecule has 2 unspecified atom stereocenters. The monoisotopic (exact) mass is 436 g/mol. The molecule has 2 aromatic rings. The molecule has 2 fully saturated rings. The van der Waals surface area contributed by atoms with Gasteiger partial charge in [-0.3, -0.25) is 9.69 Å². The van der Waals surface area contributed by atoms with Crippen molar-refractivity contribution in [3.63, 3.8) is 0 Å². The van der Waals surface area contributed by atoms with Crippen LogP contribution in [-0.2, 0) is 11.3 Å². The summed E-state index contributed by atoms with van der Waals surface area (Å²) in [5.41, 5.74) is 2.70. The van der Waals surface area contributed by atoms with E-state index in [9.17, 15) is 4.79 Å². The van der Waals surface area contributed by atoms with Crippen molar-refractivity contribution in [1.29, 1.82) is 0 Å². The van der Waals surface area contributed by atoms with Crippen molar-refractivity contribution in [3.8, 4) is 0 Å². The van der Waals surface area contributed by atoms with Crippen LogP contribution < -0.4 is 0 Å². The summed E-state index contributed by atoms with van der Waals surface area (Å²) < 4.78 is 5.88. The molecule has 32 heavy (non-hydrogen) atoms. The van der Waals surface area contributed by atoms with E-state index in [0.717, 1.165) is 50.5 Å². The predicted molar refractivity (Wildman–Crippen MR) is 130 cm³/mol. The van der Waals surface area contributed by atoms with Gasteiger partial charge in [-0.05, 0) is 50.3 Å². The van der Waals surface area contributed by atoms with Crippen molar-refractivity contribution in [2.24, 2.45) is 11.8 Å². The van der Waals surface area contributed by atoms with E-state index in [2.05, 4.69) is 60.9 Å². The van der Waals surface area contributed by atoms with Gasteiger partial charge >= 0.3 is 0 Å². The van der Waals surface area contributed by atoms with E-state index in [1.807, 2.05) is 13.0 Å². The molecule has 0 radical (unpaired) electrons. The minimum atomic E-state index is 0.0540. The van der Waals surface area contributed by atoms with E-state index < -0.39 is 0 Å². The fraction of sp³-hybridized carbons (Fsp3) is 0.607. The van der Waals surface area contributed by atoms with Gasteiger partial charge in [-0.2, -0.15) is 0 Å². The Bertz CT molecular complexity index is 879. The van der Waals surface area contributed by atoms with Gasteiger partial charge in [-0.1, -0.05) is 62.9 Å². The molecule has 1 aliphatic heterocycles. The number of amides is 1. The lowest BCUT2D eigenvalue weighted by Gasteiger charge is -2.38. The number of furan rings is 1. The number of benzene rings is 1. The van der Waals surface area contributed by atoms with E-state index in [0.29, 0.717) is 23.8 Å². The molecule has 1 aromatic heterocycles. The highest BCUT2D eigenvalue weighted by Gasteiger charge is 2.38. The third kappa shape index (κ3) is 5.46. The van der Waals surface area contributed by atoms with Crippen LogP contribution in [0.3, 0.4) is 0 Å². The average Bonchev–Trinajstić information content (AvgIpc) is 3.38. The van der Waals surface area contributed by atoms with Crippen molar-refractivity contribution < 1.29 is 9.21 Å². The highest BCUT2D eigenvalue weighted by molar-refractivity contribution is 5.78. The van der Waals surface area contributed by atoms with Crippen molar-refractivity contribution in [2.45, 2.75) is 78.3 Å². The normalized spacial score (nSPS) is 22.5. The Hall–Kier alpha value is -2.07. The fourth-order valence-electron chi connectivity index (χ4n) is 5.65. The third-order valence-corrected chi connectivity index (χ3v) is 7.42. The first-order chi connectivity index (χ1) is 15.4. The largest absolute Gasteiger partial charge is 0.465 e. The molecule has 1 aromatic carbocycles. The topological polar surface area (TPSA) is 36.7 Å². The summed E-state index contributed by atoms with van der Waals surface area (Å²) in [7, 11) is 0. The molecule has 2 aliphatic rings. The van der Waals surface area contributed by atoms with E-state index in [-0.39, 0.29) is 5.92 Å². The zero-order chi connectivity index (χ0) is 22.7. The fourth-order valence-corrected chi connectivity index (χ4v) is 5.65. The third-order valence-electron chi connectivity index (χ3n) is 7.42. The van der Waals surface area contributed by atoms with Crippen LogP contribution in [0.1, 0.15) is 74.5 Å². The van der Waals surface area contributed by atoms with E-state index >= 15 is 0 Å². The molecule has 0 bridgehead atoms. The lowest BCUT2D eigenvalue weighted by molar-refractivity contribution is -0.138. The van der Waals surface area contributed by atoms with Gasteiger partial charge in [0.2, 0.25) is 5.91 Å². The standard InChI is InChI=1S/C28H40N2O2/c1-20(2)28(31)30(25-8-6-5-7-9-25)17-24-16-29(18-26-15-12-22(4)32-26)19-27(24)23-13-10-21(3)11-14-23/h10-15,20,24-25,27H,5-9,16-19H2,1-4H3. The van der Waals surface area contributed by atoms with Gasteiger partial charge in [0.1, 0.15) is 11.5 Å². The lowest BCUT2D eigenvalue weighted by atomic mass is 9.86. The Kier molecular flexibility index (Phi) is 7.40. The number of aryl methyl sites for hydroxylation is 2. The summed E-state index contributed by atoms with van der Waals surface area (Å²) in [4.78, 5) is 18.1. The molecule has 4 rings (SSSR count). The minimum Gasteiger partial charge on any atom is -0.465 e. The molecule has 1 amide bonds. The first-order valence-corrected chi connectivity index (χ1v) is 12.6. The quantitative estimate of drug-likeness (QED) is 0.540. The van der Waals surface area contributed by atoms with Crippen LogP contribution in [0.4, 0.5) is 0 Å². The van der Waals surface area contributed by atoms with Crippen LogP contribution in [-0.4, -0.2) is 41.4 Å². The Morgan fingerprint density at radius 1 is 1.03 bits per heavy atom. The Morgan fingerprint density at radius 2 is 1.75 bits per heavy atom. The number of hydrogen-bond acceptors (Lipinski definition) is 3. The van der Waals surface area contributed by atoms with Crippen LogP contribution in [0.5, 0.6) is 0 Å². The second-order valence-corrected chi connectivity index (χ2v) is 10.4. The van der Waals surface area contributed by atoms with Crippen LogP contribution in [0.2, 0.25) is 0 Å². The maximum atomic E-state index is 13.3. The molecule has 4 nitrogen and oxygen atoms in total. The van der Waals surface area contributed by atoms with Crippen molar-refractivity contribution >= 4 is 5.91 Å². The van der Waals surface area contributed by atoms with Crippen LogP contribution in [0, 0.1) is 25.7 Å². The molecular formula is C28H40N2O2. The highest BCUT2D eigenvalue weighted by Crippen LogP contribution is 2.36. The van der Waals surface area contributed by atoms with Gasteiger partial charge in [0, 0.05) is 37.5 Å². The van der Waals surface area contributed by atoms with Gasteiger partial charge in [0.25, 0.3) is 0 Å². The zero-order valence-corrected chi connectivity index (χ0v) is 20.3. The van der Waals surface area contributed by atoms with Crippen molar-refractivity contribution in [1.82, 2.24) is 9.80 Å². The van der Waals surface area contributed by atoms with E-state index in [1.54, 1.807) is 0 Å². The van der Waals surface area contributed by atoms with Crippen LogP contribution in [0.15, 0.2) is 40.8 Å². The van der Waals surface area contributed by atoms with E-state index in [4.69, 9.17) is 4.42 Å². The predicted octanol–water partition coefficient (Wildman–Crippen LogP) is 5.93. The molecule has 1 saturated carbocycles. The number of nitrogens with zero attached hydrogens (tertiary/aromatic N) is 2. The number of hydrogen-bond donors (Lipinski definition) is 0. The second-order valence-electron chi connectivity index (χ2n) is 10.4. The Balaban J connectivity index is 1.56. The molecule has 174 valence electrons. The van der Waals surface area contributed by atoms with Gasteiger partial charge in [-0.25, -0.2) is 0 Å². The molecule has 0 spiro atoms. The molecule has 2 heterocycles. The summed E-state index contributed by atoms with van der Waals surface area (Å²) >= 11 is 0. The Morgan fingerprint density at radius 3 is 2.38 bits per heavy atom. The second kappa shape index (κ2) is 10.2. The summed E-state index contributed by atoms with van der Waals surface area (Å²) in [6.45, 7) is 12.0. The lowest BCUT2D eigenvalue weighted by Crippen LogP contribution is -2.47. The van der Waals surface area contributed by atoms with Crippen molar-refractivity contribution in [2.75, 3.05) is 19.6 Å². The van der Waals surface area contributed by atoms with Gasteiger partial charge in [0.15, 0.2) is 0 Å². The minimum absolute atomic E-state index is 0.0540. The van der Waals surface area contributed by atoms with Crippen LogP contribution in [0.25, 0.3) is 0 Å². The maximum absolute atomic E-state index is 13.3. The SMILES string of the molecule is Cc1ccc(C2CN(Cc3ccc(C)o3)CC2CN(C(=O)C(C)C)C2CCCCC2)cc1. The maximum Gasteiger partial charge on any atom is 0.225 e. The highest BCUT2D eigenvalue weighted by atomic mass is 16.3. The molecular weight excluding hydrogens is 396 g/mol. The molecule has 2 atom stereocenters. The first kappa shape index (κ1) is 23.1. The molecule has 1 saturated heterocycles. The number of likely N-dealkylation sites (tertiary alicyclic amines) is 1. The average molecular weight is 437 g/mol. The number of carbonyl (C=O) groups is 1.